The molecule has 10 heavy (non-hydrogen) atoms. The minimum Gasteiger partial charge on any atom is -0.306 e. The van der Waals surface area contributed by atoms with Gasteiger partial charge in [-0.05, 0) is 6.42 Å². The molecule has 5 heteroatoms. The van der Waals surface area contributed by atoms with Gasteiger partial charge in [0.15, 0.2) is 11.1 Å². The van der Waals surface area contributed by atoms with Crippen LogP contribution in [0.25, 0.3) is 0 Å². The SMILES string of the molecule is C=C(C#N)CCS(=O)O.[Na]. The number of nitrogens with zero attached hydrogens (tertiary/aromatic N) is 1. The first kappa shape index (κ1) is 13.0. The van der Waals surface area contributed by atoms with E-state index in [1.165, 1.54) is 0 Å². The minimum absolute atomic E-state index is 0. The van der Waals surface area contributed by atoms with E-state index in [-0.39, 0.29) is 35.3 Å². The van der Waals surface area contributed by atoms with Crippen LogP contribution in [0.15, 0.2) is 12.2 Å². The van der Waals surface area contributed by atoms with Crippen LogP contribution in [0.4, 0.5) is 0 Å². The fourth-order valence-electron chi connectivity index (χ4n) is 0.266. The third-order valence-electron chi connectivity index (χ3n) is 0.737. The summed E-state index contributed by atoms with van der Waals surface area (Å²) in [6.07, 6.45) is 0.305. The second-order valence-electron chi connectivity index (χ2n) is 1.49. The molecule has 0 saturated carbocycles. The predicted molar refractivity (Wildman–Crippen MR) is 40.8 cm³/mol. The van der Waals surface area contributed by atoms with Gasteiger partial charge in [-0.15, -0.1) is 0 Å². The van der Waals surface area contributed by atoms with Crippen molar-refractivity contribution >= 4 is 40.6 Å². The van der Waals surface area contributed by atoms with Gasteiger partial charge in [0.25, 0.3) is 0 Å². The molecule has 0 aromatic carbocycles. The van der Waals surface area contributed by atoms with Crippen LogP contribution < -0.4 is 0 Å². The number of hydrogen-bond acceptors (Lipinski definition) is 2. The van der Waals surface area contributed by atoms with Gasteiger partial charge < -0.3 is 4.55 Å². The Bertz CT molecular complexity index is 175. The third-order valence-corrected chi connectivity index (χ3v) is 1.29. The summed E-state index contributed by atoms with van der Waals surface area (Å²) in [4.78, 5) is 0. The Kier molecular flexibility index (Phi) is 9.66. The molecule has 1 atom stereocenters. The summed E-state index contributed by atoms with van der Waals surface area (Å²) in [6, 6.07) is 1.78. The van der Waals surface area contributed by atoms with E-state index in [9.17, 15) is 4.21 Å². The molecule has 1 N–H and O–H groups in total. The summed E-state index contributed by atoms with van der Waals surface area (Å²) in [5, 5.41) is 8.12. The normalized spacial score (nSPS) is 10.8. The molecule has 51 valence electrons. The van der Waals surface area contributed by atoms with Crippen LogP contribution >= 0.6 is 0 Å². The minimum atomic E-state index is -1.80. The number of hydrogen-bond donors (Lipinski definition) is 1. The Morgan fingerprint density at radius 2 is 2.30 bits per heavy atom. The fourth-order valence-corrected chi connectivity index (χ4v) is 0.687. The molecule has 0 aliphatic rings. The van der Waals surface area contributed by atoms with Crippen LogP contribution in [0, 0.1) is 11.3 Å². The smallest absolute Gasteiger partial charge is 0.153 e. The van der Waals surface area contributed by atoms with E-state index in [1.54, 1.807) is 6.07 Å². The fraction of sp³-hybridized carbons (Fsp3) is 0.400. The second kappa shape index (κ2) is 7.45. The van der Waals surface area contributed by atoms with E-state index >= 15 is 0 Å². The van der Waals surface area contributed by atoms with Gasteiger partial charge in [-0.1, -0.05) is 6.58 Å². The molecule has 0 saturated heterocycles. The van der Waals surface area contributed by atoms with Crippen LogP contribution in [-0.2, 0) is 11.1 Å². The standard InChI is InChI=1S/C5H7NO2S.Na/c1-5(4-6)2-3-9(7)8;/h1-3H2,(H,7,8);. The van der Waals surface area contributed by atoms with Crippen LogP contribution in [-0.4, -0.2) is 44.1 Å². The van der Waals surface area contributed by atoms with Crippen molar-refractivity contribution in [1.29, 1.82) is 5.26 Å². The zero-order valence-corrected chi connectivity index (χ0v) is 8.65. The van der Waals surface area contributed by atoms with Crippen molar-refractivity contribution in [2.45, 2.75) is 6.42 Å². The first-order valence-corrected chi connectivity index (χ1v) is 3.59. The maximum atomic E-state index is 9.98. The maximum absolute atomic E-state index is 9.98. The Morgan fingerprint density at radius 3 is 2.60 bits per heavy atom. The number of nitriles is 1. The molecule has 1 radical (unpaired) electrons. The van der Waals surface area contributed by atoms with E-state index in [0.717, 1.165) is 0 Å². The van der Waals surface area contributed by atoms with Crippen molar-refractivity contribution in [2.75, 3.05) is 5.75 Å². The molecule has 0 bridgehead atoms. The van der Waals surface area contributed by atoms with Crippen molar-refractivity contribution in [3.8, 4) is 6.07 Å². The first-order chi connectivity index (χ1) is 4.16. The molecule has 0 amide bonds. The van der Waals surface area contributed by atoms with Crippen molar-refractivity contribution in [1.82, 2.24) is 0 Å². The van der Waals surface area contributed by atoms with Gasteiger partial charge in [-0.25, -0.2) is 4.21 Å². The molecule has 0 aromatic rings. The number of rotatable bonds is 3. The molecule has 1 unspecified atom stereocenters. The van der Waals surface area contributed by atoms with Crippen molar-refractivity contribution in [3.63, 3.8) is 0 Å². The molecule has 0 fully saturated rings. The van der Waals surface area contributed by atoms with Gasteiger partial charge in [0.05, 0.1) is 11.8 Å². The molecule has 0 aromatic heterocycles. The van der Waals surface area contributed by atoms with E-state index in [1.807, 2.05) is 0 Å². The van der Waals surface area contributed by atoms with E-state index in [4.69, 9.17) is 9.81 Å². The van der Waals surface area contributed by atoms with Gasteiger partial charge in [0.1, 0.15) is 0 Å². The van der Waals surface area contributed by atoms with Crippen molar-refractivity contribution in [2.24, 2.45) is 0 Å². The van der Waals surface area contributed by atoms with Gasteiger partial charge in [-0.2, -0.15) is 5.26 Å². The summed E-state index contributed by atoms with van der Waals surface area (Å²) in [5.74, 6) is 0.104. The zero-order valence-electron chi connectivity index (χ0n) is 5.83. The zero-order chi connectivity index (χ0) is 7.28. The predicted octanol–water partition coefficient (Wildman–Crippen LogP) is 0.297. The molecule has 0 aliphatic heterocycles. The van der Waals surface area contributed by atoms with Crippen LogP contribution in [0.1, 0.15) is 6.42 Å². The summed E-state index contributed by atoms with van der Waals surface area (Å²) < 4.78 is 18.2. The molecular formula is C5H7NNaO2S. The van der Waals surface area contributed by atoms with Gasteiger partial charge in [0, 0.05) is 35.1 Å². The summed E-state index contributed by atoms with van der Waals surface area (Å²) >= 11 is -1.80. The third kappa shape index (κ3) is 8.34. The van der Waals surface area contributed by atoms with Crippen LogP contribution in [0.5, 0.6) is 0 Å². The van der Waals surface area contributed by atoms with Crippen molar-refractivity contribution < 1.29 is 8.76 Å². The van der Waals surface area contributed by atoms with Gasteiger partial charge in [-0.3, -0.25) is 0 Å². The maximum Gasteiger partial charge on any atom is 0.153 e. The van der Waals surface area contributed by atoms with Crippen LogP contribution in [0.3, 0.4) is 0 Å². The van der Waals surface area contributed by atoms with E-state index < -0.39 is 11.1 Å². The average Bonchev–Trinajstić information content (AvgIpc) is 1.83. The summed E-state index contributed by atoms with van der Waals surface area (Å²) in [6.45, 7) is 3.34. The quantitative estimate of drug-likeness (QED) is 0.374. The molecule has 0 spiro atoms. The monoisotopic (exact) mass is 168 g/mol. The molecule has 0 rings (SSSR count). The second-order valence-corrected chi connectivity index (χ2v) is 2.54. The van der Waals surface area contributed by atoms with Crippen molar-refractivity contribution in [3.05, 3.63) is 12.2 Å². The molecular weight excluding hydrogens is 161 g/mol. The first-order valence-electron chi connectivity index (χ1n) is 2.32. The summed E-state index contributed by atoms with van der Waals surface area (Å²) in [7, 11) is 0. The Morgan fingerprint density at radius 1 is 1.80 bits per heavy atom. The molecule has 0 heterocycles. The Balaban J connectivity index is 0. The number of allylic oxidation sites excluding steroid dienone is 1. The van der Waals surface area contributed by atoms with Gasteiger partial charge in [0.2, 0.25) is 0 Å². The largest absolute Gasteiger partial charge is 0.306 e. The van der Waals surface area contributed by atoms with E-state index in [0.29, 0.717) is 12.0 Å². The molecule has 3 nitrogen and oxygen atoms in total. The topological polar surface area (TPSA) is 61.1 Å². The summed E-state index contributed by atoms with van der Waals surface area (Å²) in [5.41, 5.74) is 0.345. The van der Waals surface area contributed by atoms with E-state index in [2.05, 4.69) is 6.58 Å². The Labute approximate surface area is 84.7 Å². The molecule has 0 aliphatic carbocycles. The van der Waals surface area contributed by atoms with Gasteiger partial charge >= 0.3 is 0 Å². The average molecular weight is 168 g/mol. The Hall–Kier alpha value is 0.340. The van der Waals surface area contributed by atoms with Crippen LogP contribution in [0.2, 0.25) is 0 Å².